The summed E-state index contributed by atoms with van der Waals surface area (Å²) in [5.41, 5.74) is 1.35. The van der Waals surface area contributed by atoms with Gasteiger partial charge in [-0.15, -0.1) is 0 Å². The lowest BCUT2D eigenvalue weighted by atomic mass is 10.1. The monoisotopic (exact) mass is 246 g/mol. The standard InChI is InChI=1S/C12H10N2O4/c15-11(5-12(16)17)14-9-3-1-8(2-4-9)10-6-13-7-18-10/h1-4,6-7H,5H2,(H,14,15)(H,16,17). The Bertz CT molecular complexity index is 546. The first kappa shape index (κ1) is 11.8. The lowest BCUT2D eigenvalue weighted by Crippen LogP contribution is -2.15. The van der Waals surface area contributed by atoms with E-state index in [9.17, 15) is 9.59 Å². The molecule has 6 heteroatoms. The Hall–Kier alpha value is -2.63. The maximum absolute atomic E-state index is 11.2. The van der Waals surface area contributed by atoms with Crippen LogP contribution in [0.5, 0.6) is 0 Å². The van der Waals surface area contributed by atoms with Crippen molar-refractivity contribution in [2.45, 2.75) is 6.42 Å². The van der Waals surface area contributed by atoms with Crippen LogP contribution in [0, 0.1) is 0 Å². The highest BCUT2D eigenvalue weighted by atomic mass is 16.4. The smallest absolute Gasteiger partial charge is 0.312 e. The van der Waals surface area contributed by atoms with E-state index in [-0.39, 0.29) is 0 Å². The maximum Gasteiger partial charge on any atom is 0.312 e. The fourth-order valence-corrected chi connectivity index (χ4v) is 1.42. The highest BCUT2D eigenvalue weighted by Crippen LogP contribution is 2.20. The Labute approximate surface area is 102 Å². The van der Waals surface area contributed by atoms with Gasteiger partial charge >= 0.3 is 5.97 Å². The number of anilines is 1. The number of hydrogen-bond acceptors (Lipinski definition) is 4. The van der Waals surface area contributed by atoms with Gasteiger partial charge in [0.25, 0.3) is 0 Å². The molecular weight excluding hydrogens is 236 g/mol. The molecule has 0 unspecified atom stereocenters. The Morgan fingerprint density at radius 2 is 2.00 bits per heavy atom. The second-order valence-electron chi connectivity index (χ2n) is 3.56. The number of aromatic nitrogens is 1. The average Bonchev–Trinajstić information content (AvgIpc) is 2.82. The highest BCUT2D eigenvalue weighted by molar-refractivity contribution is 6.01. The zero-order valence-corrected chi connectivity index (χ0v) is 9.29. The molecule has 6 nitrogen and oxygen atoms in total. The van der Waals surface area contributed by atoms with Gasteiger partial charge in [-0.1, -0.05) is 0 Å². The van der Waals surface area contributed by atoms with E-state index in [4.69, 9.17) is 9.52 Å². The van der Waals surface area contributed by atoms with E-state index in [0.717, 1.165) is 5.56 Å². The van der Waals surface area contributed by atoms with Crippen LogP contribution in [0.1, 0.15) is 6.42 Å². The van der Waals surface area contributed by atoms with Gasteiger partial charge in [0.1, 0.15) is 6.42 Å². The second-order valence-corrected chi connectivity index (χ2v) is 3.56. The number of carbonyl (C=O) groups excluding carboxylic acids is 1. The lowest BCUT2D eigenvalue weighted by molar-refractivity contribution is -0.139. The molecule has 0 bridgehead atoms. The molecule has 0 radical (unpaired) electrons. The highest BCUT2D eigenvalue weighted by Gasteiger charge is 2.08. The molecule has 1 aromatic carbocycles. The van der Waals surface area contributed by atoms with Gasteiger partial charge in [0.05, 0.1) is 6.20 Å². The van der Waals surface area contributed by atoms with Crippen molar-refractivity contribution in [3.05, 3.63) is 36.9 Å². The molecule has 0 aliphatic rings. The van der Waals surface area contributed by atoms with E-state index in [1.165, 1.54) is 6.39 Å². The van der Waals surface area contributed by atoms with Crippen molar-refractivity contribution < 1.29 is 19.1 Å². The molecule has 0 saturated heterocycles. The topological polar surface area (TPSA) is 92.4 Å². The third kappa shape index (κ3) is 2.94. The molecule has 92 valence electrons. The van der Waals surface area contributed by atoms with E-state index >= 15 is 0 Å². The molecular formula is C12H10N2O4. The molecule has 2 rings (SSSR count). The molecule has 0 spiro atoms. The Balaban J connectivity index is 2.04. The van der Waals surface area contributed by atoms with Crippen molar-refractivity contribution in [3.8, 4) is 11.3 Å². The second kappa shape index (κ2) is 5.13. The van der Waals surface area contributed by atoms with Crippen LogP contribution >= 0.6 is 0 Å². The van der Waals surface area contributed by atoms with Crippen LogP contribution in [0.4, 0.5) is 5.69 Å². The van der Waals surface area contributed by atoms with Crippen molar-refractivity contribution >= 4 is 17.6 Å². The zero-order valence-electron chi connectivity index (χ0n) is 9.29. The first-order valence-electron chi connectivity index (χ1n) is 5.16. The van der Waals surface area contributed by atoms with Gasteiger partial charge in [0.2, 0.25) is 5.91 Å². The molecule has 0 atom stereocenters. The number of carboxylic acids is 1. The van der Waals surface area contributed by atoms with Crippen LogP contribution in [0.25, 0.3) is 11.3 Å². The van der Waals surface area contributed by atoms with Crippen LogP contribution in [0.15, 0.2) is 41.3 Å². The summed E-state index contributed by atoms with van der Waals surface area (Å²) in [5, 5.41) is 10.9. The van der Waals surface area contributed by atoms with Crippen LogP contribution < -0.4 is 5.32 Å². The molecule has 2 N–H and O–H groups in total. The van der Waals surface area contributed by atoms with Gasteiger partial charge in [-0.2, -0.15) is 0 Å². The Morgan fingerprint density at radius 1 is 1.28 bits per heavy atom. The number of amides is 1. The summed E-state index contributed by atoms with van der Waals surface area (Å²) in [5.74, 6) is -1.10. The lowest BCUT2D eigenvalue weighted by Gasteiger charge is -2.03. The Morgan fingerprint density at radius 3 is 2.56 bits per heavy atom. The third-order valence-corrected chi connectivity index (χ3v) is 2.20. The first-order chi connectivity index (χ1) is 8.65. The zero-order chi connectivity index (χ0) is 13.0. The Kier molecular flexibility index (Phi) is 3.38. The van der Waals surface area contributed by atoms with Crippen molar-refractivity contribution in [1.82, 2.24) is 4.98 Å². The fourth-order valence-electron chi connectivity index (χ4n) is 1.42. The summed E-state index contributed by atoms with van der Waals surface area (Å²) in [7, 11) is 0. The van der Waals surface area contributed by atoms with Crippen LogP contribution in [-0.2, 0) is 9.59 Å². The minimum absolute atomic E-state index is 0.532. The van der Waals surface area contributed by atoms with Crippen LogP contribution in [0.2, 0.25) is 0 Å². The molecule has 1 aromatic heterocycles. The molecule has 18 heavy (non-hydrogen) atoms. The number of hydrogen-bond donors (Lipinski definition) is 2. The largest absolute Gasteiger partial charge is 0.481 e. The number of carbonyl (C=O) groups is 2. The van der Waals surface area contributed by atoms with Gasteiger partial charge in [-0.3, -0.25) is 9.59 Å². The molecule has 1 amide bonds. The third-order valence-electron chi connectivity index (χ3n) is 2.20. The van der Waals surface area contributed by atoms with Crippen molar-refractivity contribution in [3.63, 3.8) is 0 Å². The van der Waals surface area contributed by atoms with E-state index < -0.39 is 18.3 Å². The van der Waals surface area contributed by atoms with E-state index in [1.54, 1.807) is 30.5 Å². The molecule has 0 aliphatic heterocycles. The first-order valence-corrected chi connectivity index (χ1v) is 5.16. The van der Waals surface area contributed by atoms with E-state index in [2.05, 4.69) is 10.3 Å². The number of nitrogens with zero attached hydrogens (tertiary/aromatic N) is 1. The van der Waals surface area contributed by atoms with E-state index in [1.807, 2.05) is 0 Å². The number of benzene rings is 1. The molecule has 0 saturated carbocycles. The molecule has 1 heterocycles. The normalized spacial score (nSPS) is 10.0. The summed E-state index contributed by atoms with van der Waals surface area (Å²) < 4.78 is 5.12. The van der Waals surface area contributed by atoms with Gasteiger partial charge in [-0.25, -0.2) is 4.98 Å². The minimum Gasteiger partial charge on any atom is -0.481 e. The number of aliphatic carboxylic acids is 1. The number of carboxylic acid groups (broad SMARTS) is 1. The summed E-state index contributed by atoms with van der Waals surface area (Å²) in [6, 6.07) is 6.82. The minimum atomic E-state index is -1.16. The van der Waals surface area contributed by atoms with Gasteiger partial charge in [0, 0.05) is 11.3 Å². The molecule has 2 aromatic rings. The predicted octanol–water partition coefficient (Wildman–Crippen LogP) is 1.75. The van der Waals surface area contributed by atoms with Crippen molar-refractivity contribution in [2.75, 3.05) is 5.32 Å². The van der Waals surface area contributed by atoms with E-state index in [0.29, 0.717) is 11.4 Å². The predicted molar refractivity (Wildman–Crippen MR) is 62.8 cm³/mol. The summed E-state index contributed by atoms with van der Waals surface area (Å²) in [6.45, 7) is 0. The number of rotatable bonds is 4. The number of nitrogens with one attached hydrogen (secondary N) is 1. The summed E-state index contributed by atoms with van der Waals surface area (Å²) in [4.78, 5) is 25.3. The molecule has 0 aliphatic carbocycles. The van der Waals surface area contributed by atoms with Gasteiger partial charge < -0.3 is 14.8 Å². The fraction of sp³-hybridized carbons (Fsp3) is 0.0833. The average molecular weight is 246 g/mol. The van der Waals surface area contributed by atoms with Crippen LogP contribution in [-0.4, -0.2) is 22.0 Å². The summed E-state index contributed by atoms with van der Waals surface area (Å²) in [6.07, 6.45) is 2.36. The quantitative estimate of drug-likeness (QED) is 0.802. The van der Waals surface area contributed by atoms with Gasteiger partial charge in [0.15, 0.2) is 12.2 Å². The van der Waals surface area contributed by atoms with Gasteiger partial charge in [-0.05, 0) is 24.3 Å². The SMILES string of the molecule is O=C(O)CC(=O)Nc1ccc(-c2cnco2)cc1. The maximum atomic E-state index is 11.2. The molecule has 0 fully saturated rings. The van der Waals surface area contributed by atoms with Crippen molar-refractivity contribution in [2.24, 2.45) is 0 Å². The van der Waals surface area contributed by atoms with Crippen molar-refractivity contribution in [1.29, 1.82) is 0 Å². The number of oxazole rings is 1. The summed E-state index contributed by atoms with van der Waals surface area (Å²) >= 11 is 0. The van der Waals surface area contributed by atoms with Crippen LogP contribution in [0.3, 0.4) is 0 Å².